The first-order valence-corrected chi connectivity index (χ1v) is 9.29. The summed E-state index contributed by atoms with van der Waals surface area (Å²) in [5.41, 5.74) is 0.288. The molecule has 0 radical (unpaired) electrons. The molecule has 0 aliphatic rings. The lowest BCUT2D eigenvalue weighted by Crippen LogP contribution is -2.33. The fraction of sp³-hybridized carbons (Fsp3) is 0.706. The molecule has 136 valence electrons. The first-order valence-electron chi connectivity index (χ1n) is 8.41. The van der Waals surface area contributed by atoms with E-state index in [0.29, 0.717) is 26.1 Å². The number of esters is 1. The molecule has 0 bridgehead atoms. The summed E-state index contributed by atoms with van der Waals surface area (Å²) in [7, 11) is 2.94. The van der Waals surface area contributed by atoms with Crippen molar-refractivity contribution in [3.8, 4) is 0 Å². The molecule has 0 fully saturated rings. The quantitative estimate of drug-likeness (QED) is 0.425. The Morgan fingerprint density at radius 3 is 2.62 bits per heavy atom. The van der Waals surface area contributed by atoms with Gasteiger partial charge in [-0.05, 0) is 6.42 Å². The molecular formula is C17H28N2O4S. The Kier molecular flexibility index (Phi) is 10.3. The molecule has 0 aromatic carbocycles. The van der Waals surface area contributed by atoms with Crippen molar-refractivity contribution in [1.82, 2.24) is 9.88 Å². The van der Waals surface area contributed by atoms with Crippen LogP contribution in [-0.4, -0.2) is 49.1 Å². The van der Waals surface area contributed by atoms with Crippen LogP contribution in [0.25, 0.3) is 0 Å². The summed E-state index contributed by atoms with van der Waals surface area (Å²) >= 11 is 1.36. The number of carbonyl (C=O) groups is 2. The van der Waals surface area contributed by atoms with Crippen molar-refractivity contribution in [3.05, 3.63) is 16.1 Å². The van der Waals surface area contributed by atoms with Crippen LogP contribution in [0, 0.1) is 0 Å². The third-order valence-corrected chi connectivity index (χ3v) is 4.52. The normalized spacial score (nSPS) is 10.6. The van der Waals surface area contributed by atoms with E-state index >= 15 is 0 Å². The van der Waals surface area contributed by atoms with E-state index in [-0.39, 0.29) is 11.6 Å². The Bertz CT molecular complexity index is 505. The molecule has 0 saturated carbocycles. The minimum atomic E-state index is -0.455. The molecule has 1 aromatic heterocycles. The van der Waals surface area contributed by atoms with E-state index in [2.05, 4.69) is 16.6 Å². The van der Waals surface area contributed by atoms with Gasteiger partial charge in [0.25, 0.3) is 0 Å². The van der Waals surface area contributed by atoms with Crippen molar-refractivity contribution in [2.45, 2.75) is 52.0 Å². The molecule has 24 heavy (non-hydrogen) atoms. The SMILES string of the molecule is CCCCCCCC(=O)N(CCOC)Cc1nc(C(=O)OC)cs1. The van der Waals surface area contributed by atoms with Crippen LogP contribution in [0.5, 0.6) is 0 Å². The van der Waals surface area contributed by atoms with Crippen molar-refractivity contribution >= 4 is 23.2 Å². The van der Waals surface area contributed by atoms with Gasteiger partial charge in [0, 0.05) is 25.5 Å². The van der Waals surface area contributed by atoms with Crippen molar-refractivity contribution in [1.29, 1.82) is 0 Å². The minimum Gasteiger partial charge on any atom is -0.464 e. The fourth-order valence-corrected chi connectivity index (χ4v) is 3.05. The Morgan fingerprint density at radius 2 is 1.96 bits per heavy atom. The fourth-order valence-electron chi connectivity index (χ4n) is 2.28. The molecule has 1 rings (SSSR count). The highest BCUT2D eigenvalue weighted by Crippen LogP contribution is 2.15. The van der Waals surface area contributed by atoms with Gasteiger partial charge >= 0.3 is 5.97 Å². The van der Waals surface area contributed by atoms with E-state index in [1.54, 1.807) is 17.4 Å². The number of ether oxygens (including phenoxy) is 2. The van der Waals surface area contributed by atoms with Gasteiger partial charge in [0.1, 0.15) is 5.01 Å². The average Bonchev–Trinajstić information content (AvgIpc) is 3.06. The standard InChI is InChI=1S/C17H28N2O4S/c1-4-5-6-7-8-9-16(20)19(10-11-22-2)12-15-18-14(13-24-15)17(21)23-3/h13H,4-12H2,1-3H3. The van der Waals surface area contributed by atoms with Gasteiger partial charge in [0.2, 0.25) is 5.91 Å². The number of unbranched alkanes of at least 4 members (excludes halogenated alkanes) is 4. The highest BCUT2D eigenvalue weighted by molar-refractivity contribution is 7.09. The highest BCUT2D eigenvalue weighted by Gasteiger charge is 2.17. The van der Waals surface area contributed by atoms with E-state index in [9.17, 15) is 9.59 Å². The van der Waals surface area contributed by atoms with Crippen molar-refractivity contribution in [3.63, 3.8) is 0 Å². The number of amides is 1. The molecule has 7 heteroatoms. The van der Waals surface area contributed by atoms with E-state index in [4.69, 9.17) is 4.74 Å². The number of nitrogens with zero attached hydrogens (tertiary/aromatic N) is 2. The number of rotatable bonds is 12. The lowest BCUT2D eigenvalue weighted by atomic mass is 10.1. The van der Waals surface area contributed by atoms with Crippen molar-refractivity contribution in [2.75, 3.05) is 27.4 Å². The molecule has 0 spiro atoms. The summed E-state index contributed by atoms with van der Waals surface area (Å²) in [6, 6.07) is 0. The molecule has 0 unspecified atom stereocenters. The number of methoxy groups -OCH3 is 2. The maximum absolute atomic E-state index is 12.4. The van der Waals surface area contributed by atoms with E-state index in [1.807, 2.05) is 0 Å². The number of hydrogen-bond acceptors (Lipinski definition) is 6. The predicted molar refractivity (Wildman–Crippen MR) is 94.1 cm³/mol. The lowest BCUT2D eigenvalue weighted by molar-refractivity contribution is -0.132. The van der Waals surface area contributed by atoms with Crippen LogP contribution in [-0.2, 0) is 20.8 Å². The van der Waals surface area contributed by atoms with Crippen LogP contribution in [0.1, 0.15) is 60.9 Å². The number of thiazole rings is 1. The van der Waals surface area contributed by atoms with Gasteiger partial charge in [-0.25, -0.2) is 9.78 Å². The predicted octanol–water partition coefficient (Wildman–Crippen LogP) is 3.27. The Balaban J connectivity index is 2.55. The van der Waals surface area contributed by atoms with Gasteiger partial charge in [-0.1, -0.05) is 32.6 Å². The molecule has 0 N–H and O–H groups in total. The number of hydrogen-bond donors (Lipinski definition) is 0. The Labute approximate surface area is 148 Å². The zero-order valence-corrected chi connectivity index (χ0v) is 15.7. The van der Waals surface area contributed by atoms with Crippen molar-refractivity contribution in [2.24, 2.45) is 0 Å². The number of aromatic nitrogens is 1. The van der Waals surface area contributed by atoms with E-state index in [1.165, 1.54) is 37.7 Å². The Morgan fingerprint density at radius 1 is 1.21 bits per heavy atom. The smallest absolute Gasteiger partial charge is 0.357 e. The molecule has 0 atom stereocenters. The van der Waals surface area contributed by atoms with Gasteiger partial charge in [-0.15, -0.1) is 11.3 Å². The second kappa shape index (κ2) is 12.0. The molecule has 0 aliphatic heterocycles. The van der Waals surface area contributed by atoms with Crippen LogP contribution in [0.2, 0.25) is 0 Å². The third kappa shape index (κ3) is 7.40. The maximum Gasteiger partial charge on any atom is 0.357 e. The van der Waals surface area contributed by atoms with Crippen LogP contribution in [0.15, 0.2) is 5.38 Å². The van der Waals surface area contributed by atoms with Gasteiger partial charge in [0.15, 0.2) is 5.69 Å². The van der Waals surface area contributed by atoms with Gasteiger partial charge < -0.3 is 14.4 Å². The zero-order chi connectivity index (χ0) is 17.8. The zero-order valence-electron chi connectivity index (χ0n) is 14.9. The lowest BCUT2D eigenvalue weighted by Gasteiger charge is -2.21. The summed E-state index contributed by atoms with van der Waals surface area (Å²) in [6.45, 7) is 3.58. The average molecular weight is 356 g/mol. The van der Waals surface area contributed by atoms with Crippen LogP contribution >= 0.6 is 11.3 Å². The largest absolute Gasteiger partial charge is 0.464 e. The highest BCUT2D eigenvalue weighted by atomic mass is 32.1. The van der Waals surface area contributed by atoms with E-state index in [0.717, 1.165) is 17.8 Å². The second-order valence-electron chi connectivity index (χ2n) is 5.59. The van der Waals surface area contributed by atoms with Gasteiger partial charge in [0.05, 0.1) is 20.3 Å². The summed E-state index contributed by atoms with van der Waals surface area (Å²) in [4.78, 5) is 29.9. The molecule has 1 heterocycles. The van der Waals surface area contributed by atoms with Crippen LogP contribution < -0.4 is 0 Å². The Hall–Kier alpha value is -1.47. The maximum atomic E-state index is 12.4. The molecule has 0 saturated heterocycles. The summed E-state index contributed by atoms with van der Waals surface area (Å²) in [6.07, 6.45) is 6.13. The van der Waals surface area contributed by atoms with Crippen LogP contribution in [0.4, 0.5) is 0 Å². The monoisotopic (exact) mass is 356 g/mol. The summed E-state index contributed by atoms with van der Waals surface area (Å²) in [5.74, 6) is -0.346. The second-order valence-corrected chi connectivity index (χ2v) is 6.53. The van der Waals surface area contributed by atoms with Crippen molar-refractivity contribution < 1.29 is 19.1 Å². The van der Waals surface area contributed by atoms with Crippen LogP contribution in [0.3, 0.4) is 0 Å². The summed E-state index contributed by atoms with van der Waals surface area (Å²) < 4.78 is 9.75. The minimum absolute atomic E-state index is 0.110. The number of carbonyl (C=O) groups excluding carboxylic acids is 2. The first-order chi connectivity index (χ1) is 11.6. The van der Waals surface area contributed by atoms with Gasteiger partial charge in [-0.2, -0.15) is 0 Å². The third-order valence-electron chi connectivity index (χ3n) is 3.68. The molecule has 1 aromatic rings. The molecule has 1 amide bonds. The summed E-state index contributed by atoms with van der Waals surface area (Å²) in [5, 5.41) is 2.39. The topological polar surface area (TPSA) is 68.7 Å². The molecule has 0 aliphatic carbocycles. The van der Waals surface area contributed by atoms with Gasteiger partial charge in [-0.3, -0.25) is 4.79 Å². The molecule has 6 nitrogen and oxygen atoms in total. The van der Waals surface area contributed by atoms with E-state index < -0.39 is 5.97 Å². The molecular weight excluding hydrogens is 328 g/mol. The first kappa shape index (κ1) is 20.6.